The molecule has 0 aromatic rings. The van der Waals surface area contributed by atoms with Crippen molar-refractivity contribution < 1.29 is 29.4 Å². The molecule has 0 bridgehead atoms. The zero-order valence-electron chi connectivity index (χ0n) is 10.9. The van der Waals surface area contributed by atoms with Crippen LogP contribution in [0.3, 0.4) is 0 Å². The zero-order valence-corrected chi connectivity index (χ0v) is 10.9. The molecule has 0 heterocycles. The first-order valence-corrected chi connectivity index (χ1v) is 5.71. The molecule has 7 N–H and O–H groups in total. The van der Waals surface area contributed by atoms with Gasteiger partial charge in [-0.3, -0.25) is 19.2 Å². The Balaban J connectivity index is 4.21. The number of carbonyl (C=O) groups is 4. The molecule has 0 aromatic carbocycles. The maximum atomic E-state index is 11.4. The molecule has 0 rings (SSSR count). The van der Waals surface area contributed by atoms with Gasteiger partial charge in [-0.15, -0.1) is 0 Å². The van der Waals surface area contributed by atoms with Gasteiger partial charge in [0, 0.05) is 0 Å². The van der Waals surface area contributed by atoms with Gasteiger partial charge in [0.05, 0.1) is 19.2 Å². The van der Waals surface area contributed by atoms with E-state index in [4.69, 9.17) is 15.9 Å². The fraction of sp³-hybridized carbons (Fsp3) is 0.600. The molecule has 0 saturated carbocycles. The number of aliphatic hydroxyl groups excluding tert-OH is 1. The van der Waals surface area contributed by atoms with Crippen LogP contribution < -0.4 is 21.7 Å². The standard InChI is InChI=1S/C10H18N4O6/c1-5(11)9(19)12-2-7(16)14-6(4-15)10(20)13-3-8(17)18/h5-6,15H,2-4,11H2,1H3,(H,12,19)(H,13,20)(H,14,16)(H,17,18)/t5?,6-/m0/s1. The fourth-order valence-electron chi connectivity index (χ4n) is 1.05. The second kappa shape index (κ2) is 8.82. The van der Waals surface area contributed by atoms with E-state index in [0.717, 1.165) is 0 Å². The molecule has 20 heavy (non-hydrogen) atoms. The zero-order chi connectivity index (χ0) is 15.7. The fourth-order valence-corrected chi connectivity index (χ4v) is 1.05. The Labute approximate surface area is 114 Å². The van der Waals surface area contributed by atoms with Gasteiger partial charge in [-0.05, 0) is 6.92 Å². The van der Waals surface area contributed by atoms with Crippen LogP contribution in [0, 0.1) is 0 Å². The smallest absolute Gasteiger partial charge is 0.322 e. The van der Waals surface area contributed by atoms with Gasteiger partial charge in [-0.25, -0.2) is 0 Å². The van der Waals surface area contributed by atoms with E-state index >= 15 is 0 Å². The van der Waals surface area contributed by atoms with Crippen molar-refractivity contribution in [2.75, 3.05) is 19.7 Å². The molecule has 0 aliphatic heterocycles. The molecule has 0 spiro atoms. The van der Waals surface area contributed by atoms with Crippen LogP contribution in [-0.2, 0) is 19.2 Å². The van der Waals surface area contributed by atoms with Crippen LogP contribution in [0.4, 0.5) is 0 Å². The first kappa shape index (κ1) is 17.8. The van der Waals surface area contributed by atoms with Crippen LogP contribution in [-0.4, -0.2) is 65.7 Å². The normalized spacial score (nSPS) is 12.9. The molecule has 2 atom stereocenters. The SMILES string of the molecule is CC(N)C(=O)NCC(=O)N[C@@H](CO)C(=O)NCC(=O)O. The lowest BCUT2D eigenvalue weighted by Gasteiger charge is -2.16. The third-order valence-corrected chi connectivity index (χ3v) is 2.08. The second-order valence-electron chi connectivity index (χ2n) is 3.92. The largest absolute Gasteiger partial charge is 0.480 e. The first-order valence-electron chi connectivity index (χ1n) is 5.71. The Kier molecular flexibility index (Phi) is 7.85. The van der Waals surface area contributed by atoms with Crippen LogP contribution in [0.5, 0.6) is 0 Å². The Morgan fingerprint density at radius 3 is 2.10 bits per heavy atom. The summed E-state index contributed by atoms with van der Waals surface area (Å²) in [6.45, 7) is -0.322. The molecule has 0 aliphatic carbocycles. The second-order valence-corrected chi connectivity index (χ2v) is 3.92. The highest BCUT2D eigenvalue weighted by Crippen LogP contribution is 1.84. The molecule has 0 radical (unpaired) electrons. The van der Waals surface area contributed by atoms with E-state index in [0.29, 0.717) is 0 Å². The van der Waals surface area contributed by atoms with Crippen LogP contribution in [0.15, 0.2) is 0 Å². The summed E-state index contributed by atoms with van der Waals surface area (Å²) < 4.78 is 0. The van der Waals surface area contributed by atoms with Gasteiger partial charge >= 0.3 is 5.97 Å². The summed E-state index contributed by atoms with van der Waals surface area (Å²) in [6.07, 6.45) is 0. The number of hydrogen-bond donors (Lipinski definition) is 6. The van der Waals surface area contributed by atoms with E-state index in [-0.39, 0.29) is 0 Å². The summed E-state index contributed by atoms with van der Waals surface area (Å²) >= 11 is 0. The van der Waals surface area contributed by atoms with Crippen LogP contribution >= 0.6 is 0 Å². The number of aliphatic carboxylic acids is 1. The van der Waals surface area contributed by atoms with Gasteiger partial charge in [0.2, 0.25) is 17.7 Å². The molecule has 3 amide bonds. The minimum absolute atomic E-state index is 0.414. The number of aliphatic hydroxyl groups is 1. The molecule has 0 aromatic heterocycles. The van der Waals surface area contributed by atoms with Gasteiger partial charge in [0.25, 0.3) is 0 Å². The average Bonchev–Trinajstić information content (AvgIpc) is 2.38. The van der Waals surface area contributed by atoms with E-state index in [2.05, 4.69) is 10.6 Å². The summed E-state index contributed by atoms with van der Waals surface area (Å²) in [6, 6.07) is -2.08. The van der Waals surface area contributed by atoms with Crippen molar-refractivity contribution in [2.45, 2.75) is 19.0 Å². The summed E-state index contributed by atoms with van der Waals surface area (Å²) in [5.41, 5.74) is 5.26. The summed E-state index contributed by atoms with van der Waals surface area (Å²) in [5, 5.41) is 23.7. The molecule has 10 nitrogen and oxygen atoms in total. The van der Waals surface area contributed by atoms with Gasteiger partial charge in [-0.1, -0.05) is 0 Å². The predicted octanol–water partition coefficient (Wildman–Crippen LogP) is -3.87. The Morgan fingerprint density at radius 1 is 1.10 bits per heavy atom. The number of nitrogens with one attached hydrogen (secondary N) is 3. The van der Waals surface area contributed by atoms with Crippen molar-refractivity contribution in [3.63, 3.8) is 0 Å². The highest BCUT2D eigenvalue weighted by molar-refractivity contribution is 5.91. The third-order valence-electron chi connectivity index (χ3n) is 2.08. The lowest BCUT2D eigenvalue weighted by molar-refractivity contribution is -0.138. The number of nitrogens with two attached hydrogens (primary N) is 1. The molecular weight excluding hydrogens is 272 g/mol. The Bertz CT molecular complexity index is 384. The van der Waals surface area contributed by atoms with Gasteiger partial charge in [-0.2, -0.15) is 0 Å². The van der Waals surface area contributed by atoms with E-state index < -0.39 is 55.5 Å². The molecule has 0 fully saturated rings. The van der Waals surface area contributed by atoms with E-state index in [1.54, 1.807) is 0 Å². The van der Waals surface area contributed by atoms with Crippen molar-refractivity contribution in [1.29, 1.82) is 0 Å². The number of carboxylic acids is 1. The van der Waals surface area contributed by atoms with Crippen molar-refractivity contribution >= 4 is 23.7 Å². The summed E-state index contributed by atoms with van der Waals surface area (Å²) in [7, 11) is 0. The van der Waals surface area contributed by atoms with Crippen molar-refractivity contribution in [2.24, 2.45) is 5.73 Å². The van der Waals surface area contributed by atoms with Gasteiger partial charge < -0.3 is 31.9 Å². The molecule has 10 heteroatoms. The van der Waals surface area contributed by atoms with Crippen molar-refractivity contribution in [3.8, 4) is 0 Å². The van der Waals surface area contributed by atoms with Gasteiger partial charge in [0.15, 0.2) is 0 Å². The molecular formula is C10H18N4O6. The van der Waals surface area contributed by atoms with E-state index in [1.807, 2.05) is 5.32 Å². The monoisotopic (exact) mass is 290 g/mol. The minimum Gasteiger partial charge on any atom is -0.480 e. The number of amides is 3. The van der Waals surface area contributed by atoms with Crippen molar-refractivity contribution in [1.82, 2.24) is 16.0 Å². The Hall–Kier alpha value is -2.20. The summed E-state index contributed by atoms with van der Waals surface area (Å²) in [5.74, 6) is -3.37. The number of carbonyl (C=O) groups excluding carboxylic acids is 3. The van der Waals surface area contributed by atoms with Crippen molar-refractivity contribution in [3.05, 3.63) is 0 Å². The summed E-state index contributed by atoms with van der Waals surface area (Å²) in [4.78, 5) is 44.2. The third kappa shape index (κ3) is 7.28. The minimum atomic E-state index is -1.30. The molecule has 114 valence electrons. The van der Waals surface area contributed by atoms with Crippen LogP contribution in [0.2, 0.25) is 0 Å². The quantitative estimate of drug-likeness (QED) is 0.265. The lowest BCUT2D eigenvalue weighted by Crippen LogP contribution is -2.52. The van der Waals surface area contributed by atoms with E-state index in [9.17, 15) is 19.2 Å². The highest BCUT2D eigenvalue weighted by atomic mass is 16.4. The number of hydrogen-bond acceptors (Lipinski definition) is 6. The van der Waals surface area contributed by atoms with Gasteiger partial charge in [0.1, 0.15) is 12.6 Å². The maximum absolute atomic E-state index is 11.4. The van der Waals surface area contributed by atoms with Crippen LogP contribution in [0.25, 0.3) is 0 Å². The topological polar surface area (TPSA) is 171 Å². The average molecular weight is 290 g/mol. The highest BCUT2D eigenvalue weighted by Gasteiger charge is 2.20. The number of carboxylic acid groups (broad SMARTS) is 1. The molecule has 0 saturated heterocycles. The lowest BCUT2D eigenvalue weighted by atomic mass is 10.2. The van der Waals surface area contributed by atoms with E-state index in [1.165, 1.54) is 6.92 Å². The molecule has 0 aliphatic rings. The number of rotatable bonds is 8. The Morgan fingerprint density at radius 2 is 1.65 bits per heavy atom. The predicted molar refractivity (Wildman–Crippen MR) is 66.3 cm³/mol. The maximum Gasteiger partial charge on any atom is 0.322 e. The first-order chi connectivity index (χ1) is 9.27. The van der Waals surface area contributed by atoms with Crippen LogP contribution in [0.1, 0.15) is 6.92 Å². The molecule has 1 unspecified atom stereocenters.